The van der Waals surface area contributed by atoms with E-state index in [2.05, 4.69) is 0 Å². The summed E-state index contributed by atoms with van der Waals surface area (Å²) in [7, 11) is 5.82. The van der Waals surface area contributed by atoms with Gasteiger partial charge in [-0.1, -0.05) is 417 Å². The van der Waals surface area contributed by atoms with Gasteiger partial charge < -0.3 is 49.6 Å². The average Bonchev–Trinajstić information content (AvgIpc) is 0.869. The number of rotatable bonds is 16. The number of alkyl halides is 12. The smallest absolute Gasteiger partial charge is 0.872 e. The van der Waals surface area contributed by atoms with Crippen LogP contribution in [0.4, 0.5) is 0 Å². The summed E-state index contributed by atoms with van der Waals surface area (Å²) < 4.78 is 16.2. The SMILES string of the molecule is COc1cccc(OC)c1[O-].COc1cccc(OC)c1[O-].ClC(Cl)Cl.ClC(Cl)Cl.ClC(Cl)Cl.ClC(Cl)Cl.O=C(/C=C(\[O-])c1ccccc1)c1ccccc1.O=C(/C=C(\[O-])c1ccccc1)c1ccccc1.O=C(/C=C(\[O-])c1ccccc1)c1ccccc1.O=C(/C=C(\[O-])c1ccccc1)c1ccccc1.[Dy+3].[Dy+3]. The Bertz CT molecular complexity index is 3660. The van der Waals surface area contributed by atoms with Crippen molar-refractivity contribution in [3.8, 4) is 34.5 Å². The van der Waals surface area contributed by atoms with Crippen LogP contribution >= 0.6 is 139 Å². The van der Waals surface area contributed by atoms with Crippen LogP contribution in [0.15, 0.2) is 303 Å². The number of carbonyl (C=O) groups excluding carboxylic acids is 4. The number of ketones is 4. The number of methoxy groups -OCH3 is 4. The van der Waals surface area contributed by atoms with Gasteiger partial charge in [0, 0.05) is 22.3 Å². The average molecular weight is 2000 g/mol. The zero-order valence-electron chi connectivity index (χ0n) is 57.1. The standard InChI is InChI=1S/4C15H12O2.2C8H10O3.4CHCl3.2Dy/c4*16-14(12-7-3-1-4-8-12)11-15(17)13-9-5-2-6-10-13;2*1-10-6-4-3-5-7(11-2)8(6)9;4*2-1(3)4;;/h4*1-11,16H;2*3-5,9H,1-2H3;4*1H;;/q;;;;;;;;;;2*+3/p-6/b4*14-11-;;;;;;;;. The van der Waals surface area contributed by atoms with Crippen LogP contribution in [0.25, 0.3) is 23.0 Å². The Labute approximate surface area is 749 Å². The predicted octanol–water partition coefficient (Wildman–Crippen LogP) is 18.6. The predicted molar refractivity (Wildman–Crippen MR) is 424 cm³/mol. The largest absolute Gasteiger partial charge is 3.00 e. The molecule has 0 saturated heterocycles. The van der Waals surface area contributed by atoms with Crippen molar-refractivity contribution in [1.29, 1.82) is 0 Å². The van der Waals surface area contributed by atoms with E-state index in [1.807, 2.05) is 48.5 Å². The van der Waals surface area contributed by atoms with Gasteiger partial charge in [-0.2, -0.15) is 0 Å². The monoisotopic (exact) mass is 2000 g/mol. The summed E-state index contributed by atoms with van der Waals surface area (Å²) in [4.78, 5) is 47.0. The second kappa shape index (κ2) is 63.5. The van der Waals surface area contributed by atoms with Crippen LogP contribution in [0.3, 0.4) is 0 Å². The van der Waals surface area contributed by atoms with Crippen molar-refractivity contribution in [2.24, 2.45) is 0 Å². The van der Waals surface area contributed by atoms with E-state index in [0.29, 0.717) is 67.5 Å². The molecule has 0 atom stereocenters. The van der Waals surface area contributed by atoms with E-state index in [9.17, 15) is 49.8 Å². The van der Waals surface area contributed by atoms with Gasteiger partial charge in [-0.05, 0) is 82.3 Å². The first-order chi connectivity index (χ1) is 50.6. The number of allylic oxidation sites excluding steroid dienone is 4. The Morgan fingerprint density at radius 1 is 0.241 bits per heavy atom. The molecule has 0 saturated carbocycles. The summed E-state index contributed by atoms with van der Waals surface area (Å²) >= 11 is 57.7. The van der Waals surface area contributed by atoms with E-state index in [0.717, 1.165) is 24.3 Å². The van der Waals surface area contributed by atoms with Gasteiger partial charge in [0.25, 0.3) is 0 Å². The quantitative estimate of drug-likeness (QED) is 0.0378. The molecule has 0 bridgehead atoms. The van der Waals surface area contributed by atoms with Gasteiger partial charge in [0.05, 0.1) is 28.4 Å². The molecule has 0 spiro atoms. The van der Waals surface area contributed by atoms with E-state index in [4.69, 9.17) is 158 Å². The van der Waals surface area contributed by atoms with Gasteiger partial charge in [0.15, 0.2) is 40.3 Å². The molecule has 0 N–H and O–H groups in total. The molecule has 28 heteroatoms. The Morgan fingerprint density at radius 3 is 0.481 bits per heavy atom. The van der Waals surface area contributed by atoms with E-state index in [1.54, 1.807) is 231 Å². The molecular weight excluding hydrogens is 1940 g/mol. The first-order valence-corrected chi connectivity index (χ1v) is 35.4. The number of para-hydroxylation sites is 2. The second-order valence-electron chi connectivity index (χ2n) is 19.4. The van der Waals surface area contributed by atoms with Gasteiger partial charge in [-0.3, -0.25) is 19.2 Å². The molecule has 10 rings (SSSR count). The number of carbonyl (C=O) groups is 4. The van der Waals surface area contributed by atoms with Crippen molar-refractivity contribution in [1.82, 2.24) is 0 Å². The summed E-state index contributed by atoms with van der Waals surface area (Å²) in [5.41, 5.74) is 4.20. The van der Waals surface area contributed by atoms with Gasteiger partial charge in [-0.25, -0.2) is 0 Å². The maximum atomic E-state index is 11.8. The Hall–Kier alpha value is -6.13. The maximum Gasteiger partial charge on any atom is 3.00 e. The van der Waals surface area contributed by atoms with Crippen LogP contribution in [-0.4, -0.2) is 68.8 Å². The van der Waals surface area contributed by atoms with Crippen molar-refractivity contribution in [2.75, 3.05) is 28.4 Å². The fourth-order valence-corrected chi connectivity index (χ4v) is 7.60. The third-order valence-corrected chi connectivity index (χ3v) is 12.3. The molecule has 10 aromatic carbocycles. The van der Waals surface area contributed by atoms with Crippen LogP contribution < -0.4 is 49.6 Å². The minimum Gasteiger partial charge on any atom is -0.872 e. The Balaban J connectivity index is 0. The molecule has 10 aromatic rings. The van der Waals surface area contributed by atoms with Crippen molar-refractivity contribution in [3.05, 3.63) is 348 Å². The topological polar surface area (TPSA) is 244 Å². The molecule has 2 radical (unpaired) electrons. The molecule has 0 unspecified atom stereocenters. The van der Waals surface area contributed by atoms with E-state index < -0.39 is 17.2 Å². The van der Waals surface area contributed by atoms with Crippen LogP contribution in [0.2, 0.25) is 0 Å². The van der Waals surface area contributed by atoms with Crippen LogP contribution in [0.5, 0.6) is 34.5 Å². The van der Waals surface area contributed by atoms with Crippen molar-refractivity contribution in [2.45, 2.75) is 17.2 Å². The summed E-state index contributed by atoms with van der Waals surface area (Å²) in [5.74, 6) is -1.30. The molecule has 0 aliphatic rings. The third-order valence-electron chi connectivity index (χ3n) is 12.3. The van der Waals surface area contributed by atoms with Crippen molar-refractivity contribution in [3.63, 3.8) is 0 Å². The first kappa shape index (κ1) is 104. The van der Waals surface area contributed by atoms with Crippen LogP contribution in [0.1, 0.15) is 63.7 Å². The normalized spacial score (nSPS) is 10.3. The molecule has 0 aliphatic heterocycles. The van der Waals surface area contributed by atoms with Crippen LogP contribution in [-0.2, 0) is 0 Å². The Morgan fingerprint density at radius 2 is 0.361 bits per heavy atom. The van der Waals surface area contributed by atoms with E-state index in [1.165, 1.54) is 28.4 Å². The molecule has 574 valence electrons. The van der Waals surface area contributed by atoms with Crippen molar-refractivity contribution >= 4 is 185 Å². The minimum absolute atomic E-state index is 0. The molecular formula is C80H66Cl12Dy2O14. The zero-order chi connectivity index (χ0) is 79.2. The number of benzene rings is 10. The molecule has 0 heterocycles. The summed E-state index contributed by atoms with van der Waals surface area (Å²) in [6, 6.07) is 79.9. The fraction of sp³-hybridized carbons (Fsp3) is 0.100. The number of hydrogen-bond acceptors (Lipinski definition) is 14. The van der Waals surface area contributed by atoms with Gasteiger partial charge >= 0.3 is 76.3 Å². The summed E-state index contributed by atoms with van der Waals surface area (Å²) in [5, 5.41) is 69.4. The fourth-order valence-electron chi connectivity index (χ4n) is 7.60. The molecule has 0 fully saturated rings. The van der Waals surface area contributed by atoms with E-state index in [-0.39, 0.29) is 134 Å². The molecule has 108 heavy (non-hydrogen) atoms. The molecule has 0 amide bonds. The Kier molecular flexibility index (Phi) is 61.1. The second-order valence-corrected chi connectivity index (χ2v) is 27.3. The number of ether oxygens (including phenoxy) is 4. The first-order valence-electron chi connectivity index (χ1n) is 30.2. The summed E-state index contributed by atoms with van der Waals surface area (Å²) in [6.07, 6.45) is 4.52. The zero-order valence-corrected chi connectivity index (χ0v) is 70.2. The van der Waals surface area contributed by atoms with E-state index >= 15 is 0 Å². The van der Waals surface area contributed by atoms with Gasteiger partial charge in [-0.15, -0.1) is 0 Å². The maximum absolute atomic E-state index is 11.8. The molecule has 14 nitrogen and oxygen atoms in total. The number of hydrogen-bond donors (Lipinski definition) is 0. The molecule has 0 aliphatic carbocycles. The van der Waals surface area contributed by atoms with Crippen LogP contribution in [0, 0.1) is 76.3 Å². The van der Waals surface area contributed by atoms with Gasteiger partial charge in [0.1, 0.15) is 23.0 Å². The number of halogens is 12. The third kappa shape index (κ3) is 48.5. The minimum atomic E-state index is -0.750. The summed E-state index contributed by atoms with van der Waals surface area (Å²) in [6.45, 7) is 0. The van der Waals surface area contributed by atoms with Crippen molar-refractivity contribution < 1.29 is 145 Å². The van der Waals surface area contributed by atoms with Gasteiger partial charge in [0.2, 0.25) is 0 Å². The molecule has 0 aromatic heterocycles.